The first-order chi connectivity index (χ1) is 36.3. The molecule has 30 heteroatoms. The van der Waals surface area contributed by atoms with Gasteiger partial charge in [-0.2, -0.15) is 0 Å². The summed E-state index contributed by atoms with van der Waals surface area (Å²) in [6.45, 7) is 3.60. The second kappa shape index (κ2) is 31.0. The number of carboxylic acid groups (broad SMARTS) is 3. The number of nitrogens with two attached hydrogens (primary N) is 3. The Bertz CT molecular complexity index is 2400. The zero-order chi connectivity index (χ0) is 57.5. The molecule has 1 fully saturated rings. The van der Waals surface area contributed by atoms with Gasteiger partial charge in [-0.15, -0.1) is 0 Å². The number of aliphatic carboxylic acids is 3. The van der Waals surface area contributed by atoms with Gasteiger partial charge in [-0.3, -0.25) is 52.9 Å². The van der Waals surface area contributed by atoms with Crippen LogP contribution in [0.5, 0.6) is 0 Å². The number of likely N-dealkylation sites (tertiary alicyclic amines) is 1. The molecule has 0 radical (unpaired) electrons. The van der Waals surface area contributed by atoms with Crippen LogP contribution in [0.1, 0.15) is 77.0 Å². The molecule has 0 bridgehead atoms. The van der Waals surface area contributed by atoms with Gasteiger partial charge in [0.25, 0.3) is 0 Å². The number of nitrogens with one attached hydrogen (secondary N) is 8. The maximum absolute atomic E-state index is 14.2. The minimum absolute atomic E-state index is 0.0220. The lowest BCUT2D eigenvalue weighted by Crippen LogP contribution is -2.62. The molecule has 10 atom stereocenters. The van der Waals surface area contributed by atoms with E-state index in [4.69, 9.17) is 17.2 Å². The van der Waals surface area contributed by atoms with Crippen molar-refractivity contribution in [3.63, 3.8) is 0 Å². The van der Waals surface area contributed by atoms with Crippen LogP contribution in [-0.2, 0) is 65.6 Å². The molecule has 424 valence electrons. The van der Waals surface area contributed by atoms with Crippen LogP contribution in [0.2, 0.25) is 0 Å². The molecule has 2 aromatic rings. The highest BCUT2D eigenvalue weighted by Gasteiger charge is 2.42. The third-order valence-corrected chi connectivity index (χ3v) is 12.1. The summed E-state index contributed by atoms with van der Waals surface area (Å²) >= 11 is 0. The number of H-pyrrole nitrogens is 1. The lowest BCUT2D eigenvalue weighted by molar-refractivity contribution is -0.145. The quantitative estimate of drug-likeness (QED) is 0.0185. The molecule has 1 aliphatic heterocycles. The number of carbonyl (C=O) groups excluding carboxylic acids is 8. The van der Waals surface area contributed by atoms with Crippen LogP contribution >= 0.6 is 0 Å². The molecule has 30 nitrogen and oxygen atoms in total. The lowest BCUT2D eigenvalue weighted by Gasteiger charge is -2.32. The maximum atomic E-state index is 14.2. The van der Waals surface area contributed by atoms with Crippen molar-refractivity contribution in [2.75, 3.05) is 19.7 Å². The number of carbonyl (C=O) groups is 11. The number of aliphatic hydroxyl groups excluding tert-OH is 2. The molecule has 8 amide bonds. The molecule has 19 N–H and O–H groups in total. The summed E-state index contributed by atoms with van der Waals surface area (Å²) in [5.41, 5.74) is 17.6. The van der Waals surface area contributed by atoms with Crippen LogP contribution in [0.15, 0.2) is 47.8 Å². The van der Waals surface area contributed by atoms with Crippen molar-refractivity contribution in [2.45, 2.75) is 139 Å². The van der Waals surface area contributed by atoms with Crippen molar-refractivity contribution in [2.24, 2.45) is 28.1 Å². The fourth-order valence-corrected chi connectivity index (χ4v) is 7.82. The van der Waals surface area contributed by atoms with Gasteiger partial charge in [-0.1, -0.05) is 44.2 Å². The van der Waals surface area contributed by atoms with Crippen molar-refractivity contribution in [3.05, 3.63) is 54.1 Å². The van der Waals surface area contributed by atoms with Crippen molar-refractivity contribution < 1.29 is 78.3 Å². The average Bonchev–Trinajstić information content (AvgIpc) is 4.09. The van der Waals surface area contributed by atoms with E-state index in [9.17, 15) is 78.3 Å². The SMILES string of the molecule is CC(C)[C@H](N)C(=O)N[C@@H](CCCN=C(N)N)C(=O)N[C@H](C(=O)N1CCC[C@H]1C(=O)N[C@@H](Cc1cnc[nH]1)C(=O)N[C@@H](CCC(=O)O)C(=O)N[C@@H](CC(=O)O)C(=O)N[C@@H](Cc1ccccc1)C(=O)N[C@@H](CO)C(=O)O)[C@@H](C)O. The van der Waals surface area contributed by atoms with E-state index in [2.05, 4.69) is 52.2 Å². The van der Waals surface area contributed by atoms with Gasteiger partial charge in [0, 0.05) is 44.2 Å². The molecule has 0 saturated carbocycles. The number of amides is 8. The molecular weight excluding hydrogens is 1020 g/mol. The van der Waals surface area contributed by atoms with Crippen LogP contribution in [-0.4, -0.2) is 192 Å². The molecule has 1 aromatic carbocycles. The zero-order valence-electron chi connectivity index (χ0n) is 42.7. The number of benzene rings is 1. The van der Waals surface area contributed by atoms with E-state index < -0.39 is 152 Å². The van der Waals surface area contributed by atoms with Gasteiger partial charge in [-0.25, -0.2) is 9.78 Å². The first kappa shape index (κ1) is 63.0. The number of carboxylic acids is 3. The van der Waals surface area contributed by atoms with Crippen molar-refractivity contribution >= 4 is 71.1 Å². The molecule has 1 aromatic heterocycles. The number of aromatic amines is 1. The predicted molar refractivity (Wildman–Crippen MR) is 269 cm³/mol. The molecule has 1 saturated heterocycles. The standard InChI is InChI=1S/C47H70N14O16/c1-23(2)36(48)44(74)55-27(11-7-15-52-47(49)50)39(69)60-37(24(3)63)45(75)61-16-8-12-33(61)43(73)58-30(18-26-20-51-22-53-26)41(71)54-28(13-14-34(64)65)38(68)57-31(19-35(66)67)42(72)56-29(17-25-9-5-4-6-10-25)40(70)59-32(21-62)46(76)77/h4-6,9-10,20,22-24,27-33,36-37,62-63H,7-8,11-19,21,48H2,1-3H3,(H,51,53)(H,54,71)(H,55,74)(H,56,72)(H,57,68)(H,58,73)(H,59,70)(H,60,69)(H,64,65)(H,66,67)(H,76,77)(H4,49,50,52)/t24-,27+,28+,29+,30+,31+,32+,33+,36+,37+/m1/s1. The second-order valence-corrected chi connectivity index (χ2v) is 18.5. The maximum Gasteiger partial charge on any atom is 0.328 e. The highest BCUT2D eigenvalue weighted by Crippen LogP contribution is 2.21. The first-order valence-electron chi connectivity index (χ1n) is 24.5. The van der Waals surface area contributed by atoms with Gasteiger partial charge in [0.05, 0.1) is 31.5 Å². The summed E-state index contributed by atoms with van der Waals surface area (Å²) in [6, 6.07) is -6.16. The summed E-state index contributed by atoms with van der Waals surface area (Å²) in [7, 11) is 0. The molecule has 2 heterocycles. The third kappa shape index (κ3) is 20.8. The van der Waals surface area contributed by atoms with E-state index in [1.54, 1.807) is 44.2 Å². The van der Waals surface area contributed by atoms with Crippen LogP contribution < -0.4 is 54.4 Å². The van der Waals surface area contributed by atoms with Crippen molar-refractivity contribution in [1.82, 2.24) is 52.1 Å². The van der Waals surface area contributed by atoms with E-state index >= 15 is 0 Å². The van der Waals surface area contributed by atoms with Gasteiger partial charge >= 0.3 is 17.9 Å². The number of aromatic nitrogens is 2. The largest absolute Gasteiger partial charge is 0.481 e. The third-order valence-electron chi connectivity index (χ3n) is 12.1. The summed E-state index contributed by atoms with van der Waals surface area (Å²) in [4.78, 5) is 157. The number of guanidine groups is 1. The molecule has 0 aliphatic carbocycles. The lowest BCUT2D eigenvalue weighted by atomic mass is 10.0. The van der Waals surface area contributed by atoms with Gasteiger partial charge in [0.1, 0.15) is 48.3 Å². The van der Waals surface area contributed by atoms with Gasteiger partial charge in [0.15, 0.2) is 5.96 Å². The summed E-state index contributed by atoms with van der Waals surface area (Å²) in [6.07, 6.45) is -1.72. The number of imidazole rings is 1. The average molecular weight is 1090 g/mol. The molecular formula is C47H70N14O16. The monoisotopic (exact) mass is 1090 g/mol. The first-order valence-corrected chi connectivity index (χ1v) is 24.5. The Morgan fingerprint density at radius 1 is 0.727 bits per heavy atom. The highest BCUT2D eigenvalue weighted by atomic mass is 16.4. The van der Waals surface area contributed by atoms with Gasteiger partial charge in [-0.05, 0) is 50.5 Å². The Kier molecular flexibility index (Phi) is 25.3. The smallest absolute Gasteiger partial charge is 0.328 e. The van der Waals surface area contributed by atoms with Gasteiger partial charge in [0.2, 0.25) is 47.3 Å². The van der Waals surface area contributed by atoms with E-state index in [0.717, 1.165) is 4.90 Å². The van der Waals surface area contributed by atoms with Crippen molar-refractivity contribution in [3.8, 4) is 0 Å². The Morgan fingerprint density at radius 2 is 1.29 bits per heavy atom. The summed E-state index contributed by atoms with van der Waals surface area (Å²) in [5, 5.41) is 65.6. The molecule has 0 spiro atoms. The Morgan fingerprint density at radius 3 is 1.84 bits per heavy atom. The van der Waals surface area contributed by atoms with Crippen molar-refractivity contribution in [1.29, 1.82) is 0 Å². The van der Waals surface area contributed by atoms with Crippen LogP contribution in [0.25, 0.3) is 0 Å². The van der Waals surface area contributed by atoms with E-state index in [-0.39, 0.29) is 69.2 Å². The fraction of sp³-hybridized carbons (Fsp3) is 0.553. The second-order valence-electron chi connectivity index (χ2n) is 18.5. The number of nitrogens with zero attached hydrogens (tertiary/aromatic N) is 3. The molecule has 3 rings (SSSR count). The number of aliphatic hydroxyl groups is 2. The Hall–Kier alpha value is -8.25. The van der Waals surface area contributed by atoms with Crippen LogP contribution in [0.3, 0.4) is 0 Å². The van der Waals surface area contributed by atoms with Crippen LogP contribution in [0.4, 0.5) is 0 Å². The Balaban J connectivity index is 1.89. The highest BCUT2D eigenvalue weighted by molar-refractivity contribution is 5.99. The van der Waals surface area contributed by atoms with E-state index in [1.165, 1.54) is 19.4 Å². The van der Waals surface area contributed by atoms with Gasteiger partial charge < -0.3 is 89.8 Å². The number of hydrogen-bond acceptors (Lipinski definition) is 16. The summed E-state index contributed by atoms with van der Waals surface area (Å²) in [5.74, 6) is -13.3. The molecule has 0 unspecified atom stereocenters. The van der Waals surface area contributed by atoms with E-state index in [1.807, 2.05) is 0 Å². The van der Waals surface area contributed by atoms with Crippen LogP contribution in [0, 0.1) is 5.92 Å². The fourth-order valence-electron chi connectivity index (χ4n) is 7.82. The Labute approximate surface area is 441 Å². The number of rotatable bonds is 32. The molecule has 77 heavy (non-hydrogen) atoms. The minimum atomic E-state index is -2.01. The number of aliphatic imine (C=N–C) groups is 1. The predicted octanol–water partition coefficient (Wildman–Crippen LogP) is -5.59. The van der Waals surface area contributed by atoms with E-state index in [0.29, 0.717) is 5.56 Å². The zero-order valence-corrected chi connectivity index (χ0v) is 42.7. The molecule has 1 aliphatic rings. The topological polar surface area (TPSA) is 495 Å². The minimum Gasteiger partial charge on any atom is -0.481 e. The number of hydrogen-bond donors (Lipinski definition) is 16. The normalized spacial score (nSPS) is 16.6. The summed E-state index contributed by atoms with van der Waals surface area (Å²) < 4.78 is 0.